The number of nitrogens with one attached hydrogen (secondary N) is 1. The summed E-state index contributed by atoms with van der Waals surface area (Å²) in [4.78, 5) is 12.0. The molecule has 1 amide bonds. The van der Waals surface area contributed by atoms with Crippen molar-refractivity contribution in [2.45, 2.75) is 6.18 Å². The lowest BCUT2D eigenvalue weighted by atomic mass is 10.1. The van der Waals surface area contributed by atoms with Crippen LogP contribution in [0.15, 0.2) is 59.0 Å². The van der Waals surface area contributed by atoms with Crippen LogP contribution in [-0.2, 0) is 6.18 Å². The number of rotatable bonds is 3. The number of hydrogen-bond donors (Lipinski definition) is 1. The molecule has 2 aromatic carbocycles. The molecule has 0 spiro atoms. The van der Waals surface area contributed by atoms with E-state index in [4.69, 9.17) is 4.42 Å². The summed E-state index contributed by atoms with van der Waals surface area (Å²) in [5, 5.41) is 9.67. The molecular weight excluding hydrogens is 323 g/mol. The standard InChI is InChI=1S/C16H10F3N3O2/c17-16(18,19)12-8-4-7-11(9-12)14-21-22-15(24-14)20-13(23)10-5-2-1-3-6-10/h1-9H,(H,20,22,23). The molecule has 5 nitrogen and oxygen atoms in total. The van der Waals surface area contributed by atoms with Gasteiger partial charge >= 0.3 is 12.2 Å². The van der Waals surface area contributed by atoms with Gasteiger partial charge < -0.3 is 4.42 Å². The van der Waals surface area contributed by atoms with Gasteiger partial charge in [0.25, 0.3) is 5.91 Å². The van der Waals surface area contributed by atoms with Crippen LogP contribution in [0.5, 0.6) is 0 Å². The van der Waals surface area contributed by atoms with Gasteiger partial charge in [-0.15, -0.1) is 5.10 Å². The first kappa shape index (κ1) is 15.7. The van der Waals surface area contributed by atoms with E-state index in [9.17, 15) is 18.0 Å². The van der Waals surface area contributed by atoms with Gasteiger partial charge in [0.05, 0.1) is 5.56 Å². The Morgan fingerprint density at radius 2 is 1.75 bits per heavy atom. The van der Waals surface area contributed by atoms with E-state index in [2.05, 4.69) is 15.5 Å². The van der Waals surface area contributed by atoms with E-state index in [-0.39, 0.29) is 17.5 Å². The summed E-state index contributed by atoms with van der Waals surface area (Å²) in [6.45, 7) is 0. The van der Waals surface area contributed by atoms with Crippen molar-refractivity contribution in [3.63, 3.8) is 0 Å². The zero-order valence-corrected chi connectivity index (χ0v) is 12.0. The predicted molar refractivity (Wildman–Crippen MR) is 79.1 cm³/mol. The average molecular weight is 333 g/mol. The van der Waals surface area contributed by atoms with E-state index in [1.165, 1.54) is 12.1 Å². The molecule has 24 heavy (non-hydrogen) atoms. The van der Waals surface area contributed by atoms with E-state index in [1.54, 1.807) is 30.3 Å². The van der Waals surface area contributed by atoms with Crippen LogP contribution in [0.3, 0.4) is 0 Å². The van der Waals surface area contributed by atoms with Gasteiger partial charge in [0.15, 0.2) is 0 Å². The molecule has 1 heterocycles. The van der Waals surface area contributed by atoms with Crippen LogP contribution in [0.25, 0.3) is 11.5 Å². The second kappa shape index (κ2) is 6.15. The highest BCUT2D eigenvalue weighted by atomic mass is 19.4. The summed E-state index contributed by atoms with van der Waals surface area (Å²) < 4.78 is 43.4. The van der Waals surface area contributed by atoms with E-state index in [1.807, 2.05) is 0 Å². The van der Waals surface area contributed by atoms with Crippen molar-refractivity contribution in [2.24, 2.45) is 0 Å². The van der Waals surface area contributed by atoms with Gasteiger partial charge in [-0.05, 0) is 30.3 Å². The minimum atomic E-state index is -4.47. The molecule has 3 rings (SSSR count). The summed E-state index contributed by atoms with van der Waals surface area (Å²) in [6.07, 6.45) is -4.47. The highest BCUT2D eigenvalue weighted by molar-refractivity contribution is 6.03. The zero-order chi connectivity index (χ0) is 17.2. The molecular formula is C16H10F3N3O2. The summed E-state index contributed by atoms with van der Waals surface area (Å²) in [5.74, 6) is -0.584. The summed E-state index contributed by atoms with van der Waals surface area (Å²) in [6, 6.07) is 12.6. The number of carbonyl (C=O) groups is 1. The third kappa shape index (κ3) is 3.43. The van der Waals surface area contributed by atoms with Crippen molar-refractivity contribution in [3.05, 3.63) is 65.7 Å². The lowest BCUT2D eigenvalue weighted by Gasteiger charge is -2.06. The lowest BCUT2D eigenvalue weighted by Crippen LogP contribution is -2.11. The molecule has 8 heteroatoms. The van der Waals surface area contributed by atoms with Gasteiger partial charge in [-0.2, -0.15) is 13.2 Å². The average Bonchev–Trinajstić information content (AvgIpc) is 3.03. The van der Waals surface area contributed by atoms with Crippen molar-refractivity contribution >= 4 is 11.9 Å². The molecule has 0 saturated carbocycles. The molecule has 0 bridgehead atoms. The highest BCUT2D eigenvalue weighted by Gasteiger charge is 2.30. The highest BCUT2D eigenvalue weighted by Crippen LogP contribution is 2.32. The van der Waals surface area contributed by atoms with Crippen LogP contribution >= 0.6 is 0 Å². The Kier molecular flexibility index (Phi) is 4.03. The number of carbonyl (C=O) groups excluding carboxylic acids is 1. The van der Waals surface area contributed by atoms with E-state index >= 15 is 0 Å². The maximum absolute atomic E-state index is 12.7. The van der Waals surface area contributed by atoms with Crippen LogP contribution in [-0.4, -0.2) is 16.1 Å². The molecule has 122 valence electrons. The van der Waals surface area contributed by atoms with Crippen molar-refractivity contribution < 1.29 is 22.4 Å². The molecule has 0 saturated heterocycles. The van der Waals surface area contributed by atoms with Crippen molar-refractivity contribution in [1.82, 2.24) is 10.2 Å². The zero-order valence-electron chi connectivity index (χ0n) is 12.0. The molecule has 0 unspecified atom stereocenters. The smallest absolute Gasteiger partial charge is 0.403 e. The first-order chi connectivity index (χ1) is 11.4. The number of aromatic nitrogens is 2. The van der Waals surface area contributed by atoms with E-state index < -0.39 is 17.6 Å². The van der Waals surface area contributed by atoms with Crippen molar-refractivity contribution in [3.8, 4) is 11.5 Å². The molecule has 0 aliphatic heterocycles. The van der Waals surface area contributed by atoms with Gasteiger partial charge in [0.2, 0.25) is 5.89 Å². The topological polar surface area (TPSA) is 68.0 Å². The first-order valence-electron chi connectivity index (χ1n) is 6.81. The number of hydrogen-bond acceptors (Lipinski definition) is 4. The Morgan fingerprint density at radius 1 is 1.00 bits per heavy atom. The summed E-state index contributed by atoms with van der Waals surface area (Å²) in [7, 11) is 0. The Labute approximate surface area is 134 Å². The van der Waals surface area contributed by atoms with Gasteiger partial charge in [-0.25, -0.2) is 0 Å². The van der Waals surface area contributed by atoms with Gasteiger partial charge in [0, 0.05) is 11.1 Å². The number of amides is 1. The first-order valence-corrected chi connectivity index (χ1v) is 6.81. The number of anilines is 1. The van der Waals surface area contributed by atoms with Gasteiger partial charge in [-0.1, -0.05) is 29.4 Å². The van der Waals surface area contributed by atoms with Gasteiger partial charge in [0.1, 0.15) is 0 Å². The minimum absolute atomic E-state index is 0.109. The molecule has 1 aromatic heterocycles. The molecule has 0 radical (unpaired) electrons. The van der Waals surface area contributed by atoms with E-state index in [0.29, 0.717) is 5.56 Å². The lowest BCUT2D eigenvalue weighted by molar-refractivity contribution is -0.137. The molecule has 0 aliphatic carbocycles. The van der Waals surface area contributed by atoms with Crippen LogP contribution < -0.4 is 5.32 Å². The second-order valence-electron chi connectivity index (χ2n) is 4.81. The third-order valence-corrected chi connectivity index (χ3v) is 3.12. The number of alkyl halides is 3. The fourth-order valence-electron chi connectivity index (χ4n) is 1.98. The monoisotopic (exact) mass is 333 g/mol. The molecule has 0 fully saturated rings. The summed E-state index contributed by atoms with van der Waals surface area (Å²) in [5.41, 5.74) is -0.332. The Bertz CT molecular complexity index is 860. The maximum atomic E-state index is 12.7. The predicted octanol–water partition coefficient (Wildman–Crippen LogP) is 4.01. The van der Waals surface area contributed by atoms with Crippen molar-refractivity contribution in [2.75, 3.05) is 5.32 Å². The van der Waals surface area contributed by atoms with Gasteiger partial charge in [-0.3, -0.25) is 10.1 Å². The number of benzene rings is 2. The molecule has 0 atom stereocenters. The molecule has 0 aliphatic rings. The SMILES string of the molecule is O=C(Nc1nnc(-c2cccc(C(F)(F)F)c2)o1)c1ccccc1. The molecule has 3 aromatic rings. The van der Waals surface area contributed by atoms with Crippen LogP contribution in [0.2, 0.25) is 0 Å². The fraction of sp³-hybridized carbons (Fsp3) is 0.0625. The summed E-state index contributed by atoms with van der Waals surface area (Å²) >= 11 is 0. The van der Waals surface area contributed by atoms with Crippen LogP contribution in [0.1, 0.15) is 15.9 Å². The minimum Gasteiger partial charge on any atom is -0.403 e. The van der Waals surface area contributed by atoms with Crippen LogP contribution in [0, 0.1) is 0 Å². The largest absolute Gasteiger partial charge is 0.416 e. The Hall–Kier alpha value is -3.16. The third-order valence-electron chi connectivity index (χ3n) is 3.12. The van der Waals surface area contributed by atoms with Crippen LogP contribution in [0.4, 0.5) is 19.2 Å². The molecule has 1 N–H and O–H groups in total. The maximum Gasteiger partial charge on any atom is 0.416 e. The normalized spacial score (nSPS) is 11.3. The van der Waals surface area contributed by atoms with E-state index in [0.717, 1.165) is 12.1 Å². The fourth-order valence-corrected chi connectivity index (χ4v) is 1.98. The number of halogens is 3. The quantitative estimate of drug-likeness (QED) is 0.786. The number of nitrogens with zero attached hydrogens (tertiary/aromatic N) is 2. The Balaban J connectivity index is 1.80. The second-order valence-corrected chi connectivity index (χ2v) is 4.81. The Morgan fingerprint density at radius 3 is 2.46 bits per heavy atom. The van der Waals surface area contributed by atoms with Crippen molar-refractivity contribution in [1.29, 1.82) is 0 Å².